The topological polar surface area (TPSA) is 59.4 Å². The summed E-state index contributed by atoms with van der Waals surface area (Å²) in [6.07, 6.45) is 6.20. The fourth-order valence-corrected chi connectivity index (χ4v) is 4.73. The van der Waals surface area contributed by atoms with Crippen LogP contribution in [0, 0.1) is 5.41 Å². The summed E-state index contributed by atoms with van der Waals surface area (Å²) >= 11 is 0. The first kappa shape index (κ1) is 21.1. The number of hydrogen-bond acceptors (Lipinski definition) is 4. The SMILES string of the molecule is COCC(=O)NCc1cc2n(n1)CCCN(CCC1=C(C)CCCC1(C)C)C2. The zero-order valence-corrected chi connectivity index (χ0v) is 18.0. The van der Waals surface area contributed by atoms with Crippen LogP contribution in [0.5, 0.6) is 0 Å². The summed E-state index contributed by atoms with van der Waals surface area (Å²) in [5.74, 6) is -0.105. The van der Waals surface area contributed by atoms with E-state index >= 15 is 0 Å². The van der Waals surface area contributed by atoms with Crippen LogP contribution in [0.15, 0.2) is 17.2 Å². The predicted octanol–water partition coefficient (Wildman–Crippen LogP) is 3.27. The van der Waals surface area contributed by atoms with Crippen molar-refractivity contribution in [3.05, 3.63) is 28.6 Å². The van der Waals surface area contributed by atoms with Gasteiger partial charge in [0.05, 0.1) is 17.9 Å². The van der Waals surface area contributed by atoms with Gasteiger partial charge in [-0.2, -0.15) is 5.10 Å². The first-order valence-electron chi connectivity index (χ1n) is 10.6. The normalized spacial score (nSPS) is 20.0. The summed E-state index contributed by atoms with van der Waals surface area (Å²) in [5.41, 5.74) is 5.82. The van der Waals surface area contributed by atoms with E-state index in [0.717, 1.165) is 38.3 Å². The van der Waals surface area contributed by atoms with Crippen molar-refractivity contribution in [1.29, 1.82) is 0 Å². The molecule has 6 heteroatoms. The van der Waals surface area contributed by atoms with Crippen molar-refractivity contribution in [3.63, 3.8) is 0 Å². The van der Waals surface area contributed by atoms with Gasteiger partial charge in [0.2, 0.25) is 5.91 Å². The van der Waals surface area contributed by atoms with Gasteiger partial charge in [-0.1, -0.05) is 25.0 Å². The molecule has 0 bridgehead atoms. The molecular formula is C22H36N4O2. The third-order valence-electron chi connectivity index (χ3n) is 6.25. The molecule has 0 saturated heterocycles. The number of methoxy groups -OCH3 is 1. The highest BCUT2D eigenvalue weighted by molar-refractivity contribution is 5.77. The van der Waals surface area contributed by atoms with E-state index in [-0.39, 0.29) is 12.5 Å². The van der Waals surface area contributed by atoms with Gasteiger partial charge in [-0.25, -0.2) is 0 Å². The summed E-state index contributed by atoms with van der Waals surface area (Å²) in [5, 5.41) is 7.55. The average molecular weight is 389 g/mol. The Hall–Kier alpha value is -1.66. The lowest BCUT2D eigenvalue weighted by atomic mass is 9.71. The maximum atomic E-state index is 11.6. The largest absolute Gasteiger partial charge is 0.375 e. The van der Waals surface area contributed by atoms with Crippen molar-refractivity contribution in [2.24, 2.45) is 5.41 Å². The first-order chi connectivity index (χ1) is 13.4. The third-order valence-corrected chi connectivity index (χ3v) is 6.25. The molecule has 3 rings (SSSR count). The fourth-order valence-electron chi connectivity index (χ4n) is 4.73. The van der Waals surface area contributed by atoms with Crippen LogP contribution in [0.4, 0.5) is 0 Å². The Balaban J connectivity index is 1.59. The van der Waals surface area contributed by atoms with Gasteiger partial charge in [-0.15, -0.1) is 0 Å². The average Bonchev–Trinajstić information content (AvgIpc) is 2.91. The van der Waals surface area contributed by atoms with Gasteiger partial charge in [0.25, 0.3) is 0 Å². The minimum atomic E-state index is -0.105. The smallest absolute Gasteiger partial charge is 0.246 e. The molecule has 0 radical (unpaired) electrons. The summed E-state index contributed by atoms with van der Waals surface area (Å²) in [6, 6.07) is 2.14. The molecule has 0 aromatic carbocycles. The summed E-state index contributed by atoms with van der Waals surface area (Å²) in [6.45, 7) is 11.8. The van der Waals surface area contributed by atoms with Crippen LogP contribution in [-0.2, 0) is 29.2 Å². The molecule has 28 heavy (non-hydrogen) atoms. The van der Waals surface area contributed by atoms with Crippen LogP contribution in [0.2, 0.25) is 0 Å². The number of nitrogens with zero attached hydrogens (tertiary/aromatic N) is 3. The predicted molar refractivity (Wildman–Crippen MR) is 111 cm³/mol. The quantitative estimate of drug-likeness (QED) is 0.729. The second-order valence-corrected chi connectivity index (χ2v) is 8.94. The highest BCUT2D eigenvalue weighted by Gasteiger charge is 2.28. The monoisotopic (exact) mass is 388 g/mol. The molecule has 1 amide bonds. The van der Waals surface area contributed by atoms with E-state index in [1.165, 1.54) is 38.5 Å². The summed E-state index contributed by atoms with van der Waals surface area (Å²) in [7, 11) is 1.53. The molecule has 1 N–H and O–H groups in total. The maximum absolute atomic E-state index is 11.6. The number of aryl methyl sites for hydroxylation is 1. The molecule has 1 aromatic rings. The van der Waals surface area contributed by atoms with E-state index in [0.29, 0.717) is 12.0 Å². The fraction of sp³-hybridized carbons (Fsp3) is 0.727. The molecule has 2 aliphatic rings. The summed E-state index contributed by atoms with van der Waals surface area (Å²) < 4.78 is 6.97. The van der Waals surface area contributed by atoms with E-state index in [1.54, 1.807) is 11.1 Å². The second-order valence-electron chi connectivity index (χ2n) is 8.94. The Labute approximate surface area is 169 Å². The van der Waals surface area contributed by atoms with Crippen molar-refractivity contribution in [2.75, 3.05) is 26.8 Å². The molecule has 1 aliphatic carbocycles. The van der Waals surface area contributed by atoms with Crippen molar-refractivity contribution in [1.82, 2.24) is 20.0 Å². The summed E-state index contributed by atoms with van der Waals surface area (Å²) in [4.78, 5) is 14.2. The number of aromatic nitrogens is 2. The van der Waals surface area contributed by atoms with Gasteiger partial charge in [0.1, 0.15) is 6.61 Å². The number of ether oxygens (including phenoxy) is 1. The van der Waals surface area contributed by atoms with Crippen LogP contribution in [0.3, 0.4) is 0 Å². The van der Waals surface area contributed by atoms with E-state index < -0.39 is 0 Å². The molecule has 0 spiro atoms. The van der Waals surface area contributed by atoms with Crippen molar-refractivity contribution < 1.29 is 9.53 Å². The lowest BCUT2D eigenvalue weighted by molar-refractivity contribution is -0.124. The second kappa shape index (κ2) is 9.23. The van der Waals surface area contributed by atoms with Gasteiger partial charge >= 0.3 is 0 Å². The highest BCUT2D eigenvalue weighted by atomic mass is 16.5. The molecule has 6 nitrogen and oxygen atoms in total. The lowest BCUT2D eigenvalue weighted by Gasteiger charge is -2.35. The number of hydrogen-bond donors (Lipinski definition) is 1. The van der Waals surface area contributed by atoms with Crippen LogP contribution >= 0.6 is 0 Å². The van der Waals surface area contributed by atoms with Crippen molar-refractivity contribution >= 4 is 5.91 Å². The molecule has 0 fully saturated rings. The number of amides is 1. The van der Waals surface area contributed by atoms with E-state index in [1.807, 2.05) is 0 Å². The lowest BCUT2D eigenvalue weighted by Crippen LogP contribution is -2.28. The zero-order chi connectivity index (χ0) is 20.1. The molecule has 156 valence electrons. The number of nitrogens with one attached hydrogen (secondary N) is 1. The van der Waals surface area contributed by atoms with Gasteiger partial charge in [0.15, 0.2) is 0 Å². The Morgan fingerprint density at radius 3 is 2.89 bits per heavy atom. The molecule has 1 aromatic heterocycles. The number of carbonyl (C=O) groups is 1. The van der Waals surface area contributed by atoms with E-state index in [2.05, 4.69) is 46.8 Å². The first-order valence-corrected chi connectivity index (χ1v) is 10.6. The van der Waals surface area contributed by atoms with Crippen LogP contribution in [-0.4, -0.2) is 47.4 Å². The van der Waals surface area contributed by atoms with Crippen molar-refractivity contribution in [2.45, 2.75) is 72.5 Å². The van der Waals surface area contributed by atoms with Gasteiger partial charge in [0, 0.05) is 33.3 Å². The Morgan fingerprint density at radius 2 is 2.14 bits per heavy atom. The molecule has 2 heterocycles. The number of allylic oxidation sites excluding steroid dienone is 1. The minimum absolute atomic E-state index is 0.0902. The number of carbonyl (C=O) groups excluding carboxylic acids is 1. The maximum Gasteiger partial charge on any atom is 0.246 e. The standard InChI is InChI=1S/C22H36N4O2/c1-17-7-5-9-22(2,3)20(17)8-12-25-10-6-11-26-19(15-25)13-18(24-26)14-23-21(27)16-28-4/h13H,5-12,14-16H2,1-4H3,(H,23,27). The molecule has 1 aliphatic heterocycles. The highest BCUT2D eigenvalue weighted by Crippen LogP contribution is 2.41. The van der Waals surface area contributed by atoms with Gasteiger partial charge in [-0.05, 0) is 50.5 Å². The molecule has 0 saturated carbocycles. The Kier molecular flexibility index (Phi) is 6.94. The van der Waals surface area contributed by atoms with Gasteiger partial charge in [-0.3, -0.25) is 14.4 Å². The van der Waals surface area contributed by atoms with Crippen molar-refractivity contribution in [3.8, 4) is 0 Å². The third kappa shape index (κ3) is 5.23. The van der Waals surface area contributed by atoms with Crippen LogP contribution in [0.1, 0.15) is 64.3 Å². The molecular weight excluding hydrogens is 352 g/mol. The zero-order valence-electron chi connectivity index (χ0n) is 18.0. The van der Waals surface area contributed by atoms with Crippen LogP contribution in [0.25, 0.3) is 0 Å². The minimum Gasteiger partial charge on any atom is -0.375 e. The number of rotatable bonds is 7. The van der Waals surface area contributed by atoms with Gasteiger partial charge < -0.3 is 10.1 Å². The Morgan fingerprint density at radius 1 is 1.32 bits per heavy atom. The molecule has 0 atom stereocenters. The van der Waals surface area contributed by atoms with Crippen LogP contribution < -0.4 is 5.32 Å². The van der Waals surface area contributed by atoms with E-state index in [9.17, 15) is 4.79 Å². The van der Waals surface area contributed by atoms with E-state index in [4.69, 9.17) is 4.74 Å². The number of fused-ring (bicyclic) bond motifs is 1. The Bertz CT molecular complexity index is 720. The molecule has 0 unspecified atom stereocenters.